The molecule has 2 unspecified atom stereocenters. The summed E-state index contributed by atoms with van der Waals surface area (Å²) in [5.41, 5.74) is 0. The van der Waals surface area contributed by atoms with Crippen LogP contribution < -0.4 is 5.11 Å². The monoisotopic (exact) mass is 1360 g/mol. The van der Waals surface area contributed by atoms with Crippen molar-refractivity contribution < 1.29 is 42.9 Å². The zero-order chi connectivity index (χ0) is 70.4. The van der Waals surface area contributed by atoms with Gasteiger partial charge in [-0.25, -0.2) is 0 Å². The fourth-order valence-electron chi connectivity index (χ4n) is 12.1. The van der Waals surface area contributed by atoms with Crippen LogP contribution in [0.3, 0.4) is 0 Å². The van der Waals surface area contributed by atoms with Gasteiger partial charge in [-0.1, -0.05) is 394 Å². The number of hydrogen-bond acceptors (Lipinski definition) is 8. The predicted octanol–water partition coefficient (Wildman–Crippen LogP) is 25.4. The highest BCUT2D eigenvalue weighted by Crippen LogP contribution is 2.20. The molecular weight excluding hydrogens is 1200 g/mol. The predicted molar refractivity (Wildman–Crippen MR) is 417 cm³/mol. The first kappa shape index (κ1) is 93.2. The number of esters is 2. The number of aliphatic carboxylic acids is 1. The first-order valence-corrected chi connectivity index (χ1v) is 41.4. The second-order valence-corrected chi connectivity index (χ2v) is 29.0. The molecule has 0 radical (unpaired) electrons. The third-order valence-corrected chi connectivity index (χ3v) is 18.3. The van der Waals surface area contributed by atoms with Crippen LogP contribution in [0, 0.1) is 0 Å². The minimum absolute atomic E-state index is 0.148. The van der Waals surface area contributed by atoms with Crippen LogP contribution in [0.25, 0.3) is 0 Å². The van der Waals surface area contributed by atoms with E-state index < -0.39 is 24.3 Å². The van der Waals surface area contributed by atoms with Crippen LogP contribution in [0.15, 0.2) is 97.2 Å². The van der Waals surface area contributed by atoms with Gasteiger partial charge in [0.2, 0.25) is 0 Å². The quantitative estimate of drug-likeness (QED) is 0.0195. The Balaban J connectivity index is 4.00. The summed E-state index contributed by atoms with van der Waals surface area (Å²) in [4.78, 5) is 37.6. The lowest BCUT2D eigenvalue weighted by Crippen LogP contribution is -2.44. The molecule has 0 aliphatic carbocycles. The van der Waals surface area contributed by atoms with Crippen LogP contribution in [0.5, 0.6) is 0 Å². The van der Waals surface area contributed by atoms with Crippen LogP contribution in [0.2, 0.25) is 0 Å². The molecule has 0 aliphatic heterocycles. The Morgan fingerprint density at radius 1 is 0.320 bits per heavy atom. The highest BCUT2D eigenvalue weighted by molar-refractivity contribution is 5.70. The summed E-state index contributed by atoms with van der Waals surface area (Å²) in [7, 11) is 5.95. The molecule has 0 heterocycles. The van der Waals surface area contributed by atoms with Crippen molar-refractivity contribution in [1.29, 1.82) is 0 Å². The molecule has 0 aliphatic rings. The van der Waals surface area contributed by atoms with Gasteiger partial charge in [0.25, 0.3) is 0 Å². The van der Waals surface area contributed by atoms with Crippen LogP contribution >= 0.6 is 0 Å². The van der Waals surface area contributed by atoms with Crippen molar-refractivity contribution in [2.75, 3.05) is 47.5 Å². The molecule has 2 atom stereocenters. The zero-order valence-corrected chi connectivity index (χ0v) is 64.4. The molecule has 0 bridgehead atoms. The number of carboxylic acid groups (broad SMARTS) is 1. The van der Waals surface area contributed by atoms with E-state index in [4.69, 9.17) is 18.9 Å². The Morgan fingerprint density at radius 3 is 0.876 bits per heavy atom. The van der Waals surface area contributed by atoms with Crippen molar-refractivity contribution in [2.24, 2.45) is 0 Å². The molecular formula is C88H157NO8. The Labute approximate surface area is 601 Å². The largest absolute Gasteiger partial charge is 0.545 e. The van der Waals surface area contributed by atoms with Gasteiger partial charge in [0.15, 0.2) is 12.4 Å². The van der Waals surface area contributed by atoms with Gasteiger partial charge in [-0.15, -0.1) is 0 Å². The van der Waals surface area contributed by atoms with Crippen LogP contribution in [0.4, 0.5) is 0 Å². The van der Waals surface area contributed by atoms with E-state index in [9.17, 15) is 19.5 Å². The van der Waals surface area contributed by atoms with Gasteiger partial charge >= 0.3 is 11.9 Å². The minimum atomic E-state index is -1.62. The summed E-state index contributed by atoms with van der Waals surface area (Å²) in [6.07, 6.45) is 105. The van der Waals surface area contributed by atoms with Crippen molar-refractivity contribution in [3.8, 4) is 0 Å². The van der Waals surface area contributed by atoms with Crippen LogP contribution in [-0.4, -0.2) is 82.3 Å². The van der Waals surface area contributed by atoms with Gasteiger partial charge in [0, 0.05) is 12.8 Å². The number of quaternary nitrogens is 1. The molecule has 97 heavy (non-hydrogen) atoms. The van der Waals surface area contributed by atoms with E-state index in [0.717, 1.165) is 83.5 Å². The van der Waals surface area contributed by atoms with Gasteiger partial charge in [0.1, 0.15) is 13.2 Å². The molecule has 9 nitrogen and oxygen atoms in total. The molecule has 0 rings (SSSR count). The molecule has 0 saturated heterocycles. The molecule has 0 N–H and O–H groups in total. The second kappa shape index (κ2) is 77.9. The van der Waals surface area contributed by atoms with Crippen molar-refractivity contribution in [3.63, 3.8) is 0 Å². The van der Waals surface area contributed by atoms with E-state index in [1.807, 2.05) is 21.1 Å². The topological polar surface area (TPSA) is 111 Å². The van der Waals surface area contributed by atoms with Gasteiger partial charge in [-0.05, 0) is 77.0 Å². The normalized spacial score (nSPS) is 13.1. The first-order chi connectivity index (χ1) is 47.6. The highest BCUT2D eigenvalue weighted by atomic mass is 16.7. The van der Waals surface area contributed by atoms with Crippen molar-refractivity contribution in [1.82, 2.24) is 0 Å². The number of carbonyl (C=O) groups excluding carboxylic acids is 3. The smallest absolute Gasteiger partial charge is 0.306 e. The van der Waals surface area contributed by atoms with Crippen LogP contribution in [0.1, 0.15) is 386 Å². The highest BCUT2D eigenvalue weighted by Gasteiger charge is 2.22. The van der Waals surface area contributed by atoms with Gasteiger partial charge in [0.05, 0.1) is 40.3 Å². The number of nitrogens with zero attached hydrogens (tertiary/aromatic N) is 1. The van der Waals surface area contributed by atoms with Crippen molar-refractivity contribution >= 4 is 17.9 Å². The Kier molecular flexibility index (Phi) is 74.9. The lowest BCUT2D eigenvalue weighted by molar-refractivity contribution is -0.870. The van der Waals surface area contributed by atoms with E-state index in [0.29, 0.717) is 23.9 Å². The van der Waals surface area contributed by atoms with Crippen LogP contribution in [-0.2, 0) is 33.3 Å². The molecule has 0 amide bonds. The molecule has 562 valence electrons. The van der Waals surface area contributed by atoms with E-state index in [2.05, 4.69) is 111 Å². The number of ether oxygens (including phenoxy) is 4. The first-order valence-electron chi connectivity index (χ1n) is 41.4. The molecule has 0 aromatic heterocycles. The summed E-state index contributed by atoms with van der Waals surface area (Å²) in [6, 6.07) is 0. The Morgan fingerprint density at radius 2 is 0.588 bits per heavy atom. The second-order valence-electron chi connectivity index (χ2n) is 29.0. The lowest BCUT2D eigenvalue weighted by Gasteiger charge is -2.26. The van der Waals surface area contributed by atoms with Crippen molar-refractivity contribution in [2.45, 2.75) is 399 Å². The SMILES string of the molecule is CC/C=C\C/C=C\C/C=C\C/C=C\C/C=C\C/C=C\C/C=C\C/C=C\CCCCCCCCCCCCCCCCCCC(=O)OC(COC(=O)CCCCCCCCCCCCCCCCCCCCCCCCCCCCCCCCC)COC(OCC[N+](C)(C)C)C(=O)[O-]. The molecule has 0 aromatic carbocycles. The van der Waals surface area contributed by atoms with Gasteiger partial charge in [-0.3, -0.25) is 9.59 Å². The standard InChI is InChI=1S/C88H157NO8/c1-6-8-10-12-14-16-18-20-22-24-26-28-30-32-34-36-38-39-40-41-42-43-44-45-46-47-49-51-53-55-57-59-61-63-65-67-69-71-73-75-77-79-86(91)97-84(83-96-88(87(92)93)94-81-80-89(3,4)5)82-95-85(90)78-76-74-72-70-68-66-64-62-60-58-56-54-52-50-48-37-35-33-31-29-27-25-23-21-19-17-15-13-11-9-7-2/h8,10,14,16,20,22,26,28,32,34,38-39,41-42,44-45,84,88H,6-7,9,11-13,15,17-19,21,23-25,27,29-31,33,35-37,40,43,46-83H2,1-5H3/b10-8-,16-14-,22-20-,28-26-,34-32-,39-38-,42-41-,45-44-. The molecule has 0 fully saturated rings. The Bertz CT molecular complexity index is 1920. The summed E-state index contributed by atoms with van der Waals surface area (Å²) < 4.78 is 22.9. The maximum atomic E-state index is 13.0. The van der Waals surface area contributed by atoms with Crippen molar-refractivity contribution in [3.05, 3.63) is 97.2 Å². The number of hydrogen-bond donors (Lipinski definition) is 0. The third-order valence-electron chi connectivity index (χ3n) is 18.3. The fourth-order valence-corrected chi connectivity index (χ4v) is 12.1. The number of rotatable bonds is 77. The summed E-state index contributed by atoms with van der Waals surface area (Å²) in [5.74, 6) is -2.26. The maximum absolute atomic E-state index is 13.0. The Hall–Kier alpha value is -3.79. The summed E-state index contributed by atoms with van der Waals surface area (Å²) in [5, 5.41) is 11.9. The number of carbonyl (C=O) groups is 3. The number of likely N-dealkylation sites (N-methyl/N-ethyl adjacent to an activating group) is 1. The van der Waals surface area contributed by atoms with E-state index in [1.54, 1.807) is 0 Å². The zero-order valence-electron chi connectivity index (χ0n) is 64.4. The maximum Gasteiger partial charge on any atom is 0.306 e. The van der Waals surface area contributed by atoms with Gasteiger partial charge in [-0.2, -0.15) is 0 Å². The average Bonchev–Trinajstić information content (AvgIpc) is 3.27. The molecule has 9 heteroatoms. The molecule has 0 saturated carbocycles. The van der Waals surface area contributed by atoms with Gasteiger partial charge < -0.3 is 33.3 Å². The summed E-state index contributed by atoms with van der Waals surface area (Å²) >= 11 is 0. The lowest BCUT2D eigenvalue weighted by atomic mass is 10.0. The number of carboxylic acids is 1. The third kappa shape index (κ3) is 79.4. The van der Waals surface area contributed by atoms with E-state index in [1.165, 1.54) is 270 Å². The average molecular weight is 1360 g/mol. The number of allylic oxidation sites excluding steroid dienone is 16. The minimum Gasteiger partial charge on any atom is -0.545 e. The summed E-state index contributed by atoms with van der Waals surface area (Å²) in [6.45, 7) is 4.70. The molecule has 0 aromatic rings. The fraction of sp³-hybridized carbons (Fsp3) is 0.784. The number of unbranched alkanes of at least 4 members (excludes halogenated alkanes) is 46. The van der Waals surface area contributed by atoms with E-state index >= 15 is 0 Å². The van der Waals surface area contributed by atoms with E-state index in [-0.39, 0.29) is 32.2 Å². The molecule has 0 spiro atoms.